The summed E-state index contributed by atoms with van der Waals surface area (Å²) in [6.45, 7) is 8.83. The van der Waals surface area contributed by atoms with E-state index < -0.39 is 6.04 Å². The summed E-state index contributed by atoms with van der Waals surface area (Å²) in [6, 6.07) is 10.1. The maximum Gasteiger partial charge on any atom is 0.236 e. The quantitative estimate of drug-likeness (QED) is 0.734. The topological polar surface area (TPSA) is 58.4 Å². The number of benzene rings is 1. The highest BCUT2D eigenvalue weighted by molar-refractivity contribution is 5.81. The Morgan fingerprint density at radius 3 is 2.33 bits per heavy atom. The van der Waals surface area contributed by atoms with Gasteiger partial charge in [0, 0.05) is 6.54 Å². The molecule has 1 rings (SSSR count). The molecule has 0 spiro atoms. The third-order valence-electron chi connectivity index (χ3n) is 3.84. The Balaban J connectivity index is 2.72. The molecule has 0 saturated heterocycles. The van der Waals surface area contributed by atoms with Crippen molar-refractivity contribution in [3.05, 3.63) is 35.9 Å². The minimum absolute atomic E-state index is 0.0510. The Bertz CT molecular complexity index is 404. The molecule has 0 fully saturated rings. The van der Waals surface area contributed by atoms with Crippen LogP contribution in [0.1, 0.15) is 45.2 Å². The molecular weight excluding hydrogens is 262 g/mol. The van der Waals surface area contributed by atoms with Crippen molar-refractivity contribution in [2.24, 2.45) is 5.73 Å². The molecule has 0 aliphatic rings. The molecule has 2 unspecified atom stereocenters. The van der Waals surface area contributed by atoms with Crippen LogP contribution in [0.5, 0.6) is 0 Å². The molecule has 0 heterocycles. The molecule has 1 amide bonds. The molecule has 3 N–H and O–H groups in total. The maximum absolute atomic E-state index is 12.0. The van der Waals surface area contributed by atoms with Crippen LogP contribution >= 0.6 is 0 Å². The third kappa shape index (κ3) is 5.48. The number of hydrogen-bond donors (Lipinski definition) is 2. The van der Waals surface area contributed by atoms with Crippen LogP contribution in [0.25, 0.3) is 0 Å². The number of carbonyl (C=O) groups excluding carboxylic acids is 1. The summed E-state index contributed by atoms with van der Waals surface area (Å²) in [6.07, 6.45) is 1.65. The van der Waals surface area contributed by atoms with E-state index >= 15 is 0 Å². The van der Waals surface area contributed by atoms with Gasteiger partial charge in [-0.25, -0.2) is 0 Å². The first-order valence-corrected chi connectivity index (χ1v) is 7.96. The number of nitrogens with one attached hydrogen (secondary N) is 1. The number of amides is 1. The lowest BCUT2D eigenvalue weighted by molar-refractivity contribution is -0.122. The summed E-state index contributed by atoms with van der Waals surface area (Å²) < 4.78 is 0. The molecule has 0 bridgehead atoms. The fourth-order valence-electron chi connectivity index (χ4n) is 2.57. The van der Waals surface area contributed by atoms with Crippen LogP contribution in [0.3, 0.4) is 0 Å². The van der Waals surface area contributed by atoms with E-state index in [0.717, 1.165) is 25.9 Å². The lowest BCUT2D eigenvalue weighted by Gasteiger charge is -2.30. The predicted octanol–water partition coefficient (Wildman–Crippen LogP) is 2.31. The molecule has 1 aromatic rings. The van der Waals surface area contributed by atoms with Gasteiger partial charge in [-0.05, 0) is 25.1 Å². The van der Waals surface area contributed by atoms with Gasteiger partial charge in [0.05, 0.1) is 12.1 Å². The molecule has 1 aromatic carbocycles. The van der Waals surface area contributed by atoms with E-state index in [9.17, 15) is 4.79 Å². The van der Waals surface area contributed by atoms with Crippen LogP contribution in [0, 0.1) is 0 Å². The van der Waals surface area contributed by atoms with Gasteiger partial charge < -0.3 is 11.1 Å². The van der Waals surface area contributed by atoms with Crippen molar-refractivity contribution < 1.29 is 4.79 Å². The average Bonchev–Trinajstić information content (AvgIpc) is 2.52. The van der Waals surface area contributed by atoms with E-state index in [2.05, 4.69) is 36.2 Å². The fraction of sp³-hybridized carbons (Fsp3) is 0.588. The van der Waals surface area contributed by atoms with Crippen LogP contribution in [0.2, 0.25) is 0 Å². The van der Waals surface area contributed by atoms with Crippen LogP contribution in [-0.4, -0.2) is 36.5 Å². The fourth-order valence-corrected chi connectivity index (χ4v) is 2.57. The van der Waals surface area contributed by atoms with Gasteiger partial charge in [0.15, 0.2) is 0 Å². The van der Waals surface area contributed by atoms with Gasteiger partial charge in [0.1, 0.15) is 0 Å². The third-order valence-corrected chi connectivity index (χ3v) is 3.84. The summed E-state index contributed by atoms with van der Waals surface area (Å²) in [5.41, 5.74) is 7.10. The van der Waals surface area contributed by atoms with Gasteiger partial charge >= 0.3 is 0 Å². The molecule has 4 nitrogen and oxygen atoms in total. The molecule has 0 aliphatic carbocycles. The Kier molecular flexibility index (Phi) is 8.01. The smallest absolute Gasteiger partial charge is 0.236 e. The largest absolute Gasteiger partial charge is 0.353 e. The summed E-state index contributed by atoms with van der Waals surface area (Å²) in [5.74, 6) is -0.0510. The van der Waals surface area contributed by atoms with E-state index in [0.29, 0.717) is 6.54 Å². The van der Waals surface area contributed by atoms with Crippen molar-refractivity contribution >= 4 is 5.91 Å². The number of hydrogen-bond acceptors (Lipinski definition) is 3. The number of likely N-dealkylation sites (N-methyl/N-ethyl adjacent to an activating group) is 1. The van der Waals surface area contributed by atoms with Crippen molar-refractivity contribution in [1.82, 2.24) is 10.2 Å². The minimum Gasteiger partial charge on any atom is -0.353 e. The Morgan fingerprint density at radius 2 is 1.81 bits per heavy atom. The van der Waals surface area contributed by atoms with Gasteiger partial charge in [-0.1, -0.05) is 57.5 Å². The number of nitrogens with two attached hydrogens (primary N) is 1. The monoisotopic (exact) mass is 291 g/mol. The van der Waals surface area contributed by atoms with Gasteiger partial charge in [0.2, 0.25) is 5.91 Å². The number of nitrogens with zero attached hydrogens (tertiary/aromatic N) is 1. The van der Waals surface area contributed by atoms with E-state index in [-0.39, 0.29) is 11.9 Å². The molecule has 0 saturated carbocycles. The number of carbonyl (C=O) groups is 1. The predicted molar refractivity (Wildman–Crippen MR) is 88.0 cm³/mol. The van der Waals surface area contributed by atoms with Crippen LogP contribution in [0.4, 0.5) is 0 Å². The van der Waals surface area contributed by atoms with Gasteiger partial charge in [0.25, 0.3) is 0 Å². The zero-order chi connectivity index (χ0) is 15.7. The molecule has 0 aromatic heterocycles. The zero-order valence-corrected chi connectivity index (χ0v) is 13.5. The first-order chi connectivity index (χ1) is 10.1. The first-order valence-electron chi connectivity index (χ1n) is 7.96. The van der Waals surface area contributed by atoms with Crippen molar-refractivity contribution in [2.75, 3.05) is 19.6 Å². The number of rotatable bonds is 9. The molecular formula is C17H29N3O. The van der Waals surface area contributed by atoms with Crippen LogP contribution < -0.4 is 11.1 Å². The molecule has 21 heavy (non-hydrogen) atoms. The normalized spacial score (nSPS) is 14.0. The van der Waals surface area contributed by atoms with E-state index in [1.54, 1.807) is 0 Å². The van der Waals surface area contributed by atoms with E-state index in [1.807, 2.05) is 25.1 Å². The highest BCUT2D eigenvalue weighted by atomic mass is 16.2. The van der Waals surface area contributed by atoms with Crippen LogP contribution in [0.15, 0.2) is 30.3 Å². The Morgan fingerprint density at radius 1 is 1.19 bits per heavy atom. The highest BCUT2D eigenvalue weighted by Crippen LogP contribution is 2.19. The van der Waals surface area contributed by atoms with Crippen molar-refractivity contribution in [2.45, 2.75) is 45.7 Å². The van der Waals surface area contributed by atoms with Crippen molar-refractivity contribution in [3.8, 4) is 0 Å². The van der Waals surface area contributed by atoms with Gasteiger partial charge in [-0.2, -0.15) is 0 Å². The molecule has 2 atom stereocenters. The first kappa shape index (κ1) is 17.7. The van der Waals surface area contributed by atoms with E-state index in [4.69, 9.17) is 5.73 Å². The molecule has 4 heteroatoms. The summed E-state index contributed by atoms with van der Waals surface area (Å²) in [7, 11) is 0. The summed E-state index contributed by atoms with van der Waals surface area (Å²) in [4.78, 5) is 14.4. The molecule has 118 valence electrons. The van der Waals surface area contributed by atoms with Gasteiger partial charge in [-0.3, -0.25) is 9.69 Å². The van der Waals surface area contributed by atoms with E-state index in [1.165, 1.54) is 5.56 Å². The standard InChI is InChI=1S/C17H29N3O/c1-4-10-15(18)17(21)19-13-16(20(5-2)6-3)14-11-8-7-9-12-14/h7-9,11-12,15-16H,4-6,10,13,18H2,1-3H3,(H,19,21). The zero-order valence-electron chi connectivity index (χ0n) is 13.5. The van der Waals surface area contributed by atoms with Crippen molar-refractivity contribution in [3.63, 3.8) is 0 Å². The van der Waals surface area contributed by atoms with Gasteiger partial charge in [-0.15, -0.1) is 0 Å². The Hall–Kier alpha value is -1.39. The van der Waals surface area contributed by atoms with Crippen molar-refractivity contribution in [1.29, 1.82) is 0 Å². The second-order valence-electron chi connectivity index (χ2n) is 5.29. The second-order valence-corrected chi connectivity index (χ2v) is 5.29. The molecule has 0 aliphatic heterocycles. The SMILES string of the molecule is CCCC(N)C(=O)NCC(c1ccccc1)N(CC)CC. The summed E-state index contributed by atoms with van der Waals surface area (Å²) >= 11 is 0. The second kappa shape index (κ2) is 9.53. The van der Waals surface area contributed by atoms with Crippen LogP contribution in [-0.2, 0) is 4.79 Å². The summed E-state index contributed by atoms with van der Waals surface area (Å²) in [5, 5.41) is 3.01. The lowest BCUT2D eigenvalue weighted by Crippen LogP contribution is -2.44. The maximum atomic E-state index is 12.0. The lowest BCUT2D eigenvalue weighted by atomic mass is 10.0. The Labute approximate surface area is 128 Å². The highest BCUT2D eigenvalue weighted by Gasteiger charge is 2.20. The average molecular weight is 291 g/mol. The minimum atomic E-state index is -0.400. The molecule has 0 radical (unpaired) electrons.